The van der Waals surface area contributed by atoms with Gasteiger partial charge < -0.3 is 53.4 Å². The van der Waals surface area contributed by atoms with E-state index in [-0.39, 0.29) is 18.4 Å². The van der Waals surface area contributed by atoms with Crippen LogP contribution in [-0.2, 0) is 91.8 Å². The number of Topliss-reactive ketones (excluding diaryl/α,β-unsaturated/α-hetero) is 1. The molecule has 0 rings (SSSR count). The Kier molecular flexibility index (Phi) is 207. The summed E-state index contributed by atoms with van der Waals surface area (Å²) in [7, 11) is 3.45. The smallest absolute Gasteiger partial charge is 0.264 e. The van der Waals surface area contributed by atoms with Crippen LogP contribution < -0.4 is 50.0 Å². The van der Waals surface area contributed by atoms with Gasteiger partial charge in [-0.3, -0.25) is 13.6 Å². The molecule has 0 atom stereocenters. The normalized spacial score (nSPS) is 8.60. The van der Waals surface area contributed by atoms with Crippen LogP contribution in [0.2, 0.25) is 0 Å². The molecule has 0 saturated carbocycles. The minimum absolute atomic E-state index is 0.160. The molecular weight excluding hydrogens is 1100 g/mol. The first-order valence-electron chi connectivity index (χ1n) is 18.4. The van der Waals surface area contributed by atoms with Crippen LogP contribution in [0.25, 0.3) is 0 Å². The summed E-state index contributed by atoms with van der Waals surface area (Å²) in [6, 6.07) is 0. The predicted octanol–water partition coefficient (Wildman–Crippen LogP) is -1.75. The van der Waals surface area contributed by atoms with E-state index in [0.717, 1.165) is 65.1 Å². The topological polar surface area (TPSA) is 521 Å². The number of rotatable bonds is 6. The summed E-state index contributed by atoms with van der Waals surface area (Å²) in [6.07, 6.45) is 8.97. The highest BCUT2D eigenvalue weighted by molar-refractivity contribution is 7.93. The Labute approximate surface area is 436 Å². The van der Waals surface area contributed by atoms with Gasteiger partial charge in [0.15, 0.2) is 0 Å². The average Bonchev–Trinajstić information content (AvgIpc) is 3.22. The van der Waals surface area contributed by atoms with Crippen molar-refractivity contribution in [2.75, 3.05) is 169 Å². The number of carbonyl (C=O) groups is 1. The molecular formula is C32H111N10O20PS7. The first-order valence-corrected chi connectivity index (χ1v) is 33.4. The van der Waals surface area contributed by atoms with Gasteiger partial charge in [0.1, 0.15) is 15.6 Å². The fraction of sp³-hybridized carbons (Fsp3) is 0.969. The molecule has 0 amide bonds. The molecule has 0 aliphatic heterocycles. The van der Waals surface area contributed by atoms with Crippen LogP contribution in [0.1, 0.15) is 41.5 Å². The van der Waals surface area contributed by atoms with Gasteiger partial charge in [-0.05, 0) is 95.6 Å². The van der Waals surface area contributed by atoms with Crippen LogP contribution >= 0.6 is 20.2 Å². The maximum Gasteiger partial charge on any atom is 0.264 e. The minimum atomic E-state index is -3.35. The maximum atomic E-state index is 10.0. The molecule has 38 heteroatoms. The van der Waals surface area contributed by atoms with Crippen molar-refractivity contribution < 1.29 is 87.4 Å². The lowest BCUT2D eigenvalue weighted by atomic mass is 10.6. The van der Waals surface area contributed by atoms with Crippen molar-refractivity contribution in [3.05, 3.63) is 0 Å². The van der Waals surface area contributed by atoms with E-state index in [4.69, 9.17) is 5.21 Å². The van der Waals surface area contributed by atoms with Crippen molar-refractivity contribution >= 4 is 86.1 Å². The molecule has 0 aliphatic carbocycles. The number of methoxy groups -OCH3 is 1. The third kappa shape index (κ3) is 1250. The Morgan fingerprint density at radius 1 is 0.543 bits per heavy atom. The number of carbonyl (C=O) groups excluding carboxylic acids is 1. The molecule has 30 nitrogen and oxygen atoms in total. The van der Waals surface area contributed by atoms with Gasteiger partial charge in [0.25, 0.3) is 20.2 Å². The van der Waals surface area contributed by atoms with Crippen molar-refractivity contribution in [1.29, 1.82) is 0 Å². The molecule has 0 saturated heterocycles. The van der Waals surface area contributed by atoms with Gasteiger partial charge in [-0.15, -0.1) is 0 Å². The second-order valence-corrected chi connectivity index (χ2v) is 22.5. The van der Waals surface area contributed by atoms with E-state index in [2.05, 4.69) is 76.8 Å². The monoisotopic (exact) mass is 1210 g/mol. The van der Waals surface area contributed by atoms with Gasteiger partial charge in [0, 0.05) is 40.0 Å². The lowest BCUT2D eigenvalue weighted by Gasteiger charge is -2.00. The summed E-state index contributed by atoms with van der Waals surface area (Å²) in [6.45, 7) is 15.0. The lowest BCUT2D eigenvalue weighted by Crippen LogP contribution is -2.20. The quantitative estimate of drug-likeness (QED) is 0.0463. The van der Waals surface area contributed by atoms with Gasteiger partial charge in [0.2, 0.25) is 30.1 Å². The van der Waals surface area contributed by atoms with E-state index in [1.54, 1.807) is 21.3 Å². The molecule has 18 N–H and O–H groups in total. The molecule has 0 spiro atoms. The third-order valence-corrected chi connectivity index (χ3v) is 4.43. The van der Waals surface area contributed by atoms with Crippen molar-refractivity contribution in [1.82, 2.24) is 9.79 Å². The molecule has 456 valence electrons. The molecule has 0 unspecified atom stereocenters. The standard InChI is InChI=1S/C3H9O2P.C3H6O.C2H7NO3S.C2H7N.2C2H6O3S.C2H6O2S.C2H6OS.C2H6O.2C2H6.2CH5NO2S.6CH5N/c1-4-5-6(2)3;1-3(2)4;1-3(4)7(2,5)6;1-3-2;2*1-5-6(2,3)4;1-5(2,3)4;1-3-4-2;1-3-2;2*1-2;2*1-5(2,3)4;6*1-2/h1-3H3;1-2H3;4H,1-2H3;3H,1-2H3;2*1-2H3;1-2H3;1-2H3;1-2H3;2*1-2H3;2*1H3,(H2,2,3,4);6*2H2,1H3. The first kappa shape index (κ1) is 128. The number of hydroxylamine groups is 1. The second kappa shape index (κ2) is 113. The predicted molar refractivity (Wildman–Crippen MR) is 302 cm³/mol. The highest BCUT2D eigenvalue weighted by Gasteiger charge is 2.03. The van der Waals surface area contributed by atoms with E-state index in [1.807, 2.05) is 61.4 Å². The number of hydrogen-bond acceptors (Lipinski definition) is 28. The minimum Gasteiger partial charge on any atom is -0.388 e. The van der Waals surface area contributed by atoms with Crippen LogP contribution in [0.3, 0.4) is 0 Å². The van der Waals surface area contributed by atoms with Gasteiger partial charge in [0.05, 0.1) is 67.9 Å². The van der Waals surface area contributed by atoms with E-state index in [0.29, 0.717) is 0 Å². The number of ketones is 1. The van der Waals surface area contributed by atoms with Crippen molar-refractivity contribution in [3.8, 4) is 0 Å². The molecule has 0 radical (unpaired) electrons. The molecule has 0 aromatic heterocycles. The molecule has 0 aliphatic rings. The largest absolute Gasteiger partial charge is 0.388 e. The van der Waals surface area contributed by atoms with Gasteiger partial charge >= 0.3 is 0 Å². The number of ether oxygens (including phenoxy) is 1. The number of nitrogens with one attached hydrogen (secondary N) is 1. The summed E-state index contributed by atoms with van der Waals surface area (Å²) >= 11 is 1.36. The summed E-state index contributed by atoms with van der Waals surface area (Å²) in [4.78, 5) is 13.8. The van der Waals surface area contributed by atoms with E-state index < -0.39 is 60.1 Å². The Morgan fingerprint density at radius 2 is 0.629 bits per heavy atom. The Balaban J connectivity index is -0.0000000235. The second-order valence-electron chi connectivity index (χ2n) is 8.94. The van der Waals surface area contributed by atoms with Crippen LogP contribution in [0, 0.1) is 0 Å². The summed E-state index contributed by atoms with van der Waals surface area (Å²) in [5.74, 6) is 0.167. The lowest BCUT2D eigenvalue weighted by molar-refractivity contribution is -0.168. The maximum absolute atomic E-state index is 10.0. The van der Waals surface area contributed by atoms with Crippen LogP contribution in [0.4, 0.5) is 0 Å². The number of sulfone groups is 1. The molecule has 0 aromatic carbocycles. The fourth-order valence-electron chi connectivity index (χ4n) is 0.149. The number of primary sulfonamides is 2. The van der Waals surface area contributed by atoms with E-state index in [1.165, 1.54) is 75.3 Å². The highest BCUT2D eigenvalue weighted by Crippen LogP contribution is 2.24. The number of sulfonamides is 3. The molecule has 0 fully saturated rings. The van der Waals surface area contributed by atoms with Gasteiger partial charge in [-0.1, -0.05) is 32.2 Å². The van der Waals surface area contributed by atoms with Crippen LogP contribution in [0.5, 0.6) is 0 Å². The zero-order chi connectivity index (χ0) is 63.4. The van der Waals surface area contributed by atoms with Crippen molar-refractivity contribution in [2.24, 2.45) is 44.7 Å². The number of hydrogen-bond donors (Lipinski definition) is 10. The van der Waals surface area contributed by atoms with Gasteiger partial charge in [-0.25, -0.2) is 53.5 Å². The Hall–Kier alpha value is -0.530. The Bertz CT molecular complexity index is 1320. The number of nitrogens with two attached hydrogens (primary N) is 8. The zero-order valence-corrected chi connectivity index (χ0v) is 55.2. The molecule has 0 heterocycles. The summed E-state index contributed by atoms with van der Waals surface area (Å²) in [5.41, 5.74) is 27.0. The summed E-state index contributed by atoms with van der Waals surface area (Å²) in [5, 5.41) is 19.5. The van der Waals surface area contributed by atoms with Crippen molar-refractivity contribution in [2.45, 2.75) is 41.5 Å². The fourth-order valence-corrected chi connectivity index (χ4v) is 0.447. The van der Waals surface area contributed by atoms with Crippen molar-refractivity contribution in [3.63, 3.8) is 0 Å². The van der Waals surface area contributed by atoms with Crippen LogP contribution in [-0.4, -0.2) is 235 Å². The van der Waals surface area contributed by atoms with Gasteiger partial charge in [-0.2, -0.15) is 16.8 Å². The van der Waals surface area contributed by atoms with Crippen LogP contribution in [0.15, 0.2) is 0 Å². The first-order chi connectivity index (χ1) is 31.3. The molecule has 70 heavy (non-hydrogen) atoms. The average molecular weight is 1210 g/mol. The Morgan fingerprint density at radius 3 is 0.629 bits per heavy atom. The summed E-state index contributed by atoms with van der Waals surface area (Å²) < 4.78 is 137. The van der Waals surface area contributed by atoms with E-state index in [9.17, 15) is 55.3 Å². The SMILES string of the molecule is CC.CC.CC(C)=O.CN.CN.CN.CN.CN.CN.CN(O)S(C)(=O)=O.CNC.COC.COOP(C)C.COS(C)(=O)=O.COS(C)(=O)=O.COSC.CS(C)(=O)=O.CS(N)(=O)=O.CS(N)(=O)=O. The zero-order valence-electron chi connectivity index (χ0n) is 48.6. The van der Waals surface area contributed by atoms with E-state index >= 15 is 0 Å². The third-order valence-electron chi connectivity index (χ3n) is 1.48. The number of nitrogens with zero attached hydrogens (tertiary/aromatic N) is 1. The molecule has 0 bridgehead atoms. The molecule has 0 aromatic rings. The highest BCUT2D eigenvalue weighted by atomic mass is 32.2.